The second-order valence-corrected chi connectivity index (χ2v) is 4.37. The van der Waals surface area contributed by atoms with Crippen molar-refractivity contribution in [3.05, 3.63) is 11.6 Å². The van der Waals surface area contributed by atoms with Gasteiger partial charge in [0.25, 0.3) is 0 Å². The molecule has 0 bridgehead atoms. The van der Waals surface area contributed by atoms with E-state index in [9.17, 15) is 0 Å². The third-order valence-corrected chi connectivity index (χ3v) is 3.39. The van der Waals surface area contributed by atoms with Crippen molar-refractivity contribution in [1.29, 1.82) is 0 Å². The monoisotopic (exact) mass is 182 g/mol. The van der Waals surface area contributed by atoms with Crippen LogP contribution in [0.5, 0.6) is 0 Å². The maximum atomic E-state index is 4.27. The normalized spacial score (nSPS) is 17.4. The Morgan fingerprint density at radius 2 is 2.50 bits per heavy atom. The Morgan fingerprint density at radius 1 is 1.67 bits per heavy atom. The molecule has 0 amide bonds. The SMILES string of the molecule is CN(CC1CCC1)c1nccs1. The van der Waals surface area contributed by atoms with Gasteiger partial charge >= 0.3 is 0 Å². The standard InChI is InChI=1S/C9H14N2S/c1-11(7-8-3-2-4-8)9-10-5-6-12-9/h5-6,8H,2-4,7H2,1H3. The highest BCUT2D eigenvalue weighted by molar-refractivity contribution is 7.13. The van der Waals surface area contributed by atoms with Gasteiger partial charge < -0.3 is 4.90 Å². The van der Waals surface area contributed by atoms with Crippen LogP contribution in [-0.4, -0.2) is 18.6 Å². The Labute approximate surface area is 77.2 Å². The minimum absolute atomic E-state index is 0.930. The first-order valence-corrected chi connectivity index (χ1v) is 5.35. The van der Waals surface area contributed by atoms with Gasteiger partial charge in [-0.2, -0.15) is 0 Å². The minimum atomic E-state index is 0.930. The number of nitrogens with zero attached hydrogens (tertiary/aromatic N) is 2. The molecule has 1 aliphatic rings. The van der Waals surface area contributed by atoms with Crippen molar-refractivity contribution in [1.82, 2.24) is 4.98 Å². The van der Waals surface area contributed by atoms with E-state index in [2.05, 4.69) is 16.9 Å². The Balaban J connectivity index is 1.87. The summed E-state index contributed by atoms with van der Waals surface area (Å²) in [5.41, 5.74) is 0. The summed E-state index contributed by atoms with van der Waals surface area (Å²) in [4.78, 5) is 6.54. The first-order valence-electron chi connectivity index (χ1n) is 4.47. The maximum absolute atomic E-state index is 4.27. The van der Waals surface area contributed by atoms with Crippen LogP contribution in [0.4, 0.5) is 5.13 Å². The van der Waals surface area contributed by atoms with E-state index >= 15 is 0 Å². The molecule has 0 N–H and O–H groups in total. The van der Waals surface area contributed by atoms with Crippen molar-refractivity contribution in [2.24, 2.45) is 5.92 Å². The summed E-state index contributed by atoms with van der Waals surface area (Å²) in [7, 11) is 2.14. The van der Waals surface area contributed by atoms with Crippen molar-refractivity contribution < 1.29 is 0 Å². The highest BCUT2D eigenvalue weighted by atomic mass is 32.1. The quantitative estimate of drug-likeness (QED) is 0.713. The highest BCUT2D eigenvalue weighted by Gasteiger charge is 2.19. The molecule has 1 heterocycles. The summed E-state index contributed by atoms with van der Waals surface area (Å²) in [5, 5.41) is 3.19. The molecule has 0 atom stereocenters. The van der Waals surface area contributed by atoms with Gasteiger partial charge in [0.2, 0.25) is 0 Å². The van der Waals surface area contributed by atoms with Crippen molar-refractivity contribution in [3.8, 4) is 0 Å². The molecule has 3 heteroatoms. The molecular weight excluding hydrogens is 168 g/mol. The molecule has 66 valence electrons. The molecule has 1 aromatic rings. The average molecular weight is 182 g/mol. The Kier molecular flexibility index (Phi) is 2.30. The summed E-state index contributed by atoms with van der Waals surface area (Å²) in [6.45, 7) is 1.19. The lowest BCUT2D eigenvalue weighted by molar-refractivity contribution is 0.321. The summed E-state index contributed by atoms with van der Waals surface area (Å²) >= 11 is 1.72. The molecule has 1 aromatic heterocycles. The van der Waals surface area contributed by atoms with Crippen molar-refractivity contribution >= 4 is 16.5 Å². The fourth-order valence-corrected chi connectivity index (χ4v) is 2.16. The van der Waals surface area contributed by atoms with Crippen LogP contribution >= 0.6 is 11.3 Å². The van der Waals surface area contributed by atoms with E-state index in [1.807, 2.05) is 11.6 Å². The highest BCUT2D eigenvalue weighted by Crippen LogP contribution is 2.28. The van der Waals surface area contributed by atoms with E-state index in [-0.39, 0.29) is 0 Å². The summed E-state index contributed by atoms with van der Waals surface area (Å²) < 4.78 is 0. The molecule has 0 aromatic carbocycles. The molecule has 0 spiro atoms. The number of hydrogen-bond donors (Lipinski definition) is 0. The number of rotatable bonds is 3. The zero-order chi connectivity index (χ0) is 8.39. The van der Waals surface area contributed by atoms with Gasteiger partial charge in [-0.25, -0.2) is 4.98 Å². The van der Waals surface area contributed by atoms with Crippen molar-refractivity contribution in [2.45, 2.75) is 19.3 Å². The molecular formula is C9H14N2S. The van der Waals surface area contributed by atoms with Crippen LogP contribution in [0.3, 0.4) is 0 Å². The van der Waals surface area contributed by atoms with E-state index in [1.54, 1.807) is 11.3 Å². The topological polar surface area (TPSA) is 16.1 Å². The molecule has 0 aliphatic heterocycles. The van der Waals surface area contributed by atoms with E-state index in [4.69, 9.17) is 0 Å². The predicted molar refractivity (Wildman–Crippen MR) is 52.7 cm³/mol. The van der Waals surface area contributed by atoms with Crippen LogP contribution in [0.2, 0.25) is 0 Å². The van der Waals surface area contributed by atoms with Crippen LogP contribution in [0, 0.1) is 5.92 Å². The zero-order valence-electron chi connectivity index (χ0n) is 7.36. The Morgan fingerprint density at radius 3 is 3.00 bits per heavy atom. The minimum Gasteiger partial charge on any atom is -0.351 e. The maximum Gasteiger partial charge on any atom is 0.184 e. The van der Waals surface area contributed by atoms with Gasteiger partial charge in [-0.15, -0.1) is 11.3 Å². The fraction of sp³-hybridized carbons (Fsp3) is 0.667. The van der Waals surface area contributed by atoms with Crippen molar-refractivity contribution in [3.63, 3.8) is 0 Å². The number of hydrogen-bond acceptors (Lipinski definition) is 3. The molecule has 1 aliphatic carbocycles. The van der Waals surface area contributed by atoms with E-state index in [1.165, 1.54) is 25.8 Å². The largest absolute Gasteiger partial charge is 0.351 e. The molecule has 2 rings (SSSR count). The molecule has 2 nitrogen and oxygen atoms in total. The van der Waals surface area contributed by atoms with Crippen LogP contribution < -0.4 is 4.90 Å². The second-order valence-electron chi connectivity index (χ2n) is 3.49. The van der Waals surface area contributed by atoms with Crippen LogP contribution in [0.25, 0.3) is 0 Å². The lowest BCUT2D eigenvalue weighted by Gasteiger charge is -2.29. The smallest absolute Gasteiger partial charge is 0.184 e. The molecule has 0 radical (unpaired) electrons. The number of aromatic nitrogens is 1. The molecule has 1 saturated carbocycles. The predicted octanol–water partition coefficient (Wildman–Crippen LogP) is 2.38. The van der Waals surface area contributed by atoms with Crippen LogP contribution in [-0.2, 0) is 0 Å². The zero-order valence-corrected chi connectivity index (χ0v) is 8.18. The molecule has 0 saturated heterocycles. The van der Waals surface area contributed by atoms with E-state index in [0.717, 1.165) is 11.0 Å². The number of anilines is 1. The summed E-state index contributed by atoms with van der Waals surface area (Å²) in [6, 6.07) is 0. The van der Waals surface area contributed by atoms with Gasteiger partial charge in [-0.05, 0) is 18.8 Å². The van der Waals surface area contributed by atoms with Crippen LogP contribution in [0.1, 0.15) is 19.3 Å². The van der Waals surface area contributed by atoms with Gasteiger partial charge in [0.1, 0.15) is 0 Å². The van der Waals surface area contributed by atoms with Gasteiger partial charge in [0.05, 0.1) is 0 Å². The Hall–Kier alpha value is -0.570. The summed E-state index contributed by atoms with van der Waals surface area (Å²) in [6.07, 6.45) is 6.12. The number of thiazole rings is 1. The first-order chi connectivity index (χ1) is 5.86. The summed E-state index contributed by atoms with van der Waals surface area (Å²) in [5.74, 6) is 0.930. The van der Waals surface area contributed by atoms with E-state index < -0.39 is 0 Å². The van der Waals surface area contributed by atoms with Crippen LogP contribution in [0.15, 0.2) is 11.6 Å². The molecule has 1 fully saturated rings. The average Bonchev–Trinajstić information content (AvgIpc) is 2.47. The van der Waals surface area contributed by atoms with Gasteiger partial charge in [0.15, 0.2) is 5.13 Å². The first kappa shape index (κ1) is 8.05. The lowest BCUT2D eigenvalue weighted by Crippen LogP contribution is -2.29. The van der Waals surface area contributed by atoms with E-state index in [0.29, 0.717) is 0 Å². The lowest BCUT2D eigenvalue weighted by atomic mass is 9.85. The van der Waals surface area contributed by atoms with Gasteiger partial charge in [-0.1, -0.05) is 6.42 Å². The van der Waals surface area contributed by atoms with Gasteiger partial charge in [0, 0.05) is 25.2 Å². The third-order valence-electron chi connectivity index (χ3n) is 2.50. The molecule has 0 unspecified atom stereocenters. The van der Waals surface area contributed by atoms with Gasteiger partial charge in [-0.3, -0.25) is 0 Å². The van der Waals surface area contributed by atoms with Crippen molar-refractivity contribution in [2.75, 3.05) is 18.5 Å². The second kappa shape index (κ2) is 3.44. The molecule has 12 heavy (non-hydrogen) atoms. The third kappa shape index (κ3) is 1.61. The fourth-order valence-electron chi connectivity index (χ4n) is 1.55. The Bertz CT molecular complexity index is 229.